The number of ether oxygens (including phenoxy) is 1. The van der Waals surface area contributed by atoms with Gasteiger partial charge in [0, 0.05) is 25.1 Å². The second kappa shape index (κ2) is 7.48. The number of halogens is 1. The van der Waals surface area contributed by atoms with Crippen LogP contribution in [0.15, 0.2) is 29.3 Å². The molecule has 0 saturated carbocycles. The molecule has 3 rings (SSSR count). The number of aromatic nitrogens is 3. The van der Waals surface area contributed by atoms with Crippen LogP contribution >= 0.6 is 11.6 Å². The maximum absolute atomic E-state index is 13.3. The summed E-state index contributed by atoms with van der Waals surface area (Å²) in [6.07, 6.45) is 1.51. The van der Waals surface area contributed by atoms with Gasteiger partial charge in [0.2, 0.25) is 0 Å². The van der Waals surface area contributed by atoms with Crippen molar-refractivity contribution in [1.29, 1.82) is 0 Å². The van der Waals surface area contributed by atoms with Crippen LogP contribution in [0.1, 0.15) is 24.6 Å². The van der Waals surface area contributed by atoms with E-state index in [-0.39, 0.29) is 28.6 Å². The van der Waals surface area contributed by atoms with Gasteiger partial charge in [-0.2, -0.15) is 5.10 Å². The Morgan fingerprint density at radius 2 is 2.07 bits per heavy atom. The van der Waals surface area contributed by atoms with Crippen molar-refractivity contribution >= 4 is 38.5 Å². The molecule has 0 aliphatic heterocycles. The molecule has 150 valence electrons. The van der Waals surface area contributed by atoms with Crippen LogP contribution in [-0.4, -0.2) is 39.9 Å². The molecule has 10 heteroatoms. The molecule has 0 radical (unpaired) electrons. The van der Waals surface area contributed by atoms with Gasteiger partial charge >= 0.3 is 5.97 Å². The van der Waals surface area contributed by atoms with E-state index in [4.69, 9.17) is 21.4 Å². The normalized spacial score (nSPS) is 11.9. The first kappa shape index (κ1) is 20.2. The van der Waals surface area contributed by atoms with E-state index >= 15 is 0 Å². The van der Waals surface area contributed by atoms with Crippen molar-refractivity contribution in [2.45, 2.75) is 31.6 Å². The SMILES string of the molecule is CCOc1ccc2c(c1)c(CCC(=O)O)cn2S(=O)(=O)c1c(C)nn(C)c1Cl. The maximum Gasteiger partial charge on any atom is 0.303 e. The third-order valence-electron chi connectivity index (χ3n) is 4.36. The lowest BCUT2D eigenvalue weighted by molar-refractivity contribution is -0.136. The smallest absolute Gasteiger partial charge is 0.303 e. The zero-order valence-electron chi connectivity index (χ0n) is 15.6. The van der Waals surface area contributed by atoms with Crippen molar-refractivity contribution in [2.24, 2.45) is 7.05 Å². The van der Waals surface area contributed by atoms with Crippen LogP contribution in [0.4, 0.5) is 0 Å². The van der Waals surface area contributed by atoms with Gasteiger partial charge < -0.3 is 9.84 Å². The minimum Gasteiger partial charge on any atom is -0.494 e. The number of rotatable bonds is 7. The second-order valence-corrected chi connectivity index (χ2v) is 8.40. The minimum atomic E-state index is -4.04. The van der Waals surface area contributed by atoms with E-state index in [1.54, 1.807) is 32.2 Å². The molecular weight excluding hydrogens is 406 g/mol. The van der Waals surface area contributed by atoms with E-state index in [0.717, 1.165) is 3.97 Å². The maximum atomic E-state index is 13.3. The number of hydrogen-bond acceptors (Lipinski definition) is 5. The summed E-state index contributed by atoms with van der Waals surface area (Å²) < 4.78 is 34.6. The Hall–Kier alpha value is -2.52. The highest BCUT2D eigenvalue weighted by Crippen LogP contribution is 2.33. The molecule has 1 N–H and O–H groups in total. The van der Waals surface area contributed by atoms with Gasteiger partial charge in [0.15, 0.2) is 0 Å². The Morgan fingerprint density at radius 3 is 2.64 bits per heavy atom. The summed E-state index contributed by atoms with van der Waals surface area (Å²) in [5, 5.41) is 13.7. The van der Waals surface area contributed by atoms with Gasteiger partial charge in [-0.1, -0.05) is 11.6 Å². The predicted octanol–water partition coefficient (Wildman–Crippen LogP) is 2.99. The second-order valence-electron chi connectivity index (χ2n) is 6.29. The topological polar surface area (TPSA) is 103 Å². The number of hydrogen-bond donors (Lipinski definition) is 1. The molecule has 8 nitrogen and oxygen atoms in total. The van der Waals surface area contributed by atoms with Crippen LogP contribution in [-0.2, 0) is 28.3 Å². The fraction of sp³-hybridized carbons (Fsp3) is 0.333. The fourth-order valence-corrected chi connectivity index (χ4v) is 5.25. The number of carboxylic acid groups (broad SMARTS) is 1. The molecule has 2 aromatic heterocycles. The zero-order chi connectivity index (χ0) is 20.6. The third kappa shape index (κ3) is 3.47. The van der Waals surface area contributed by atoms with E-state index in [2.05, 4.69) is 5.10 Å². The van der Waals surface area contributed by atoms with Gasteiger partial charge in [0.1, 0.15) is 15.8 Å². The minimum absolute atomic E-state index is 0.0115. The lowest BCUT2D eigenvalue weighted by Crippen LogP contribution is -2.13. The zero-order valence-corrected chi connectivity index (χ0v) is 17.2. The molecule has 0 aliphatic carbocycles. The highest BCUT2D eigenvalue weighted by atomic mass is 35.5. The lowest BCUT2D eigenvalue weighted by atomic mass is 10.1. The monoisotopic (exact) mass is 425 g/mol. The van der Waals surface area contributed by atoms with Crippen LogP contribution in [0.2, 0.25) is 5.15 Å². The molecule has 0 fully saturated rings. The van der Waals surface area contributed by atoms with E-state index in [1.165, 1.54) is 10.9 Å². The fourth-order valence-electron chi connectivity index (χ4n) is 3.14. The number of carboxylic acids is 1. The number of nitrogens with zero attached hydrogens (tertiary/aromatic N) is 3. The Bertz CT molecular complexity index is 1160. The van der Waals surface area contributed by atoms with E-state index in [9.17, 15) is 13.2 Å². The number of benzene rings is 1. The van der Waals surface area contributed by atoms with Gasteiger partial charge in [-0.3, -0.25) is 9.48 Å². The van der Waals surface area contributed by atoms with Crippen LogP contribution in [0, 0.1) is 6.92 Å². The molecule has 0 saturated heterocycles. The summed E-state index contributed by atoms with van der Waals surface area (Å²) in [6, 6.07) is 5.04. The molecule has 0 spiro atoms. The highest BCUT2D eigenvalue weighted by molar-refractivity contribution is 7.90. The predicted molar refractivity (Wildman–Crippen MR) is 105 cm³/mol. The summed E-state index contributed by atoms with van der Waals surface area (Å²) in [7, 11) is -2.47. The van der Waals surface area contributed by atoms with Gasteiger partial charge in [0.25, 0.3) is 10.0 Å². The van der Waals surface area contributed by atoms with Crippen molar-refractivity contribution in [3.63, 3.8) is 0 Å². The number of aryl methyl sites for hydroxylation is 3. The first-order chi connectivity index (χ1) is 13.2. The first-order valence-electron chi connectivity index (χ1n) is 8.60. The average Bonchev–Trinajstić information content (AvgIpc) is 3.10. The number of carbonyl (C=O) groups is 1. The van der Waals surface area contributed by atoms with Crippen molar-refractivity contribution in [3.8, 4) is 5.75 Å². The molecule has 0 bridgehead atoms. The Kier molecular flexibility index (Phi) is 5.40. The number of aliphatic carboxylic acids is 1. The average molecular weight is 426 g/mol. The summed E-state index contributed by atoms with van der Waals surface area (Å²) in [6.45, 7) is 3.88. The van der Waals surface area contributed by atoms with E-state index in [1.807, 2.05) is 6.92 Å². The van der Waals surface area contributed by atoms with Crippen molar-refractivity contribution in [1.82, 2.24) is 13.8 Å². The molecule has 0 aliphatic rings. The van der Waals surface area contributed by atoms with Crippen LogP contribution in [0.3, 0.4) is 0 Å². The Morgan fingerprint density at radius 1 is 1.36 bits per heavy atom. The van der Waals surface area contributed by atoms with Gasteiger partial charge in [-0.25, -0.2) is 12.4 Å². The molecular formula is C18H20ClN3O5S. The van der Waals surface area contributed by atoms with Crippen molar-refractivity contribution in [3.05, 3.63) is 40.8 Å². The Balaban J connectivity index is 2.24. The summed E-state index contributed by atoms with van der Waals surface area (Å²) in [5.41, 5.74) is 1.30. The van der Waals surface area contributed by atoms with Gasteiger partial charge in [0.05, 0.1) is 17.8 Å². The molecule has 2 heterocycles. The standard InChI is InChI=1S/C18H20ClN3O5S/c1-4-27-13-6-7-15-14(9-13)12(5-8-16(23)24)10-22(15)28(25,26)17-11(2)20-21(3)18(17)19/h6-7,9-10H,4-5,8H2,1-3H3,(H,23,24). The van der Waals surface area contributed by atoms with Gasteiger partial charge in [-0.05, 0) is 44.0 Å². The van der Waals surface area contributed by atoms with Crippen LogP contribution < -0.4 is 4.74 Å². The molecule has 0 unspecified atom stereocenters. The molecule has 0 amide bonds. The molecule has 1 aromatic carbocycles. The molecule has 28 heavy (non-hydrogen) atoms. The first-order valence-corrected chi connectivity index (χ1v) is 10.4. The van der Waals surface area contributed by atoms with Gasteiger partial charge in [-0.15, -0.1) is 0 Å². The van der Waals surface area contributed by atoms with Crippen molar-refractivity contribution < 1.29 is 23.1 Å². The summed E-state index contributed by atoms with van der Waals surface area (Å²) in [5.74, 6) is -0.381. The van der Waals surface area contributed by atoms with E-state index < -0.39 is 16.0 Å². The third-order valence-corrected chi connectivity index (χ3v) is 6.73. The Labute approximate surface area is 167 Å². The number of fused-ring (bicyclic) bond motifs is 1. The van der Waals surface area contributed by atoms with E-state index in [0.29, 0.717) is 28.8 Å². The lowest BCUT2D eigenvalue weighted by Gasteiger charge is -2.08. The molecule has 3 aromatic rings. The summed E-state index contributed by atoms with van der Waals surface area (Å²) in [4.78, 5) is 10.9. The summed E-state index contributed by atoms with van der Waals surface area (Å²) >= 11 is 6.19. The highest BCUT2D eigenvalue weighted by Gasteiger charge is 2.29. The van der Waals surface area contributed by atoms with Crippen molar-refractivity contribution in [2.75, 3.05) is 6.61 Å². The largest absolute Gasteiger partial charge is 0.494 e. The quantitative estimate of drug-likeness (QED) is 0.624. The van der Waals surface area contributed by atoms with Crippen LogP contribution in [0.5, 0.6) is 5.75 Å². The molecule has 0 atom stereocenters. The van der Waals surface area contributed by atoms with Crippen LogP contribution in [0.25, 0.3) is 10.9 Å².